The van der Waals surface area contributed by atoms with Crippen LogP contribution < -0.4 is 10.2 Å². The summed E-state index contributed by atoms with van der Waals surface area (Å²) in [4.78, 5) is 11.6. The summed E-state index contributed by atoms with van der Waals surface area (Å²) in [6, 6.07) is 0.668. The fourth-order valence-electron chi connectivity index (χ4n) is 2.16. The van der Waals surface area contributed by atoms with Gasteiger partial charge in [-0.3, -0.25) is 0 Å². The zero-order valence-electron chi connectivity index (χ0n) is 11.9. The first kappa shape index (κ1) is 13.3. The van der Waals surface area contributed by atoms with E-state index in [2.05, 4.69) is 41.0 Å². The molecule has 1 aromatic heterocycles. The smallest absolute Gasteiger partial charge is 0.225 e. The highest BCUT2D eigenvalue weighted by molar-refractivity contribution is 5.36. The standard InChI is InChI=1S/C14H24N4/c1-10(2)9-18(13-5-6-13)14-16-8-12(7-15-4)11(3)17-14/h8,10,13,15H,5-7,9H2,1-4H3. The first-order chi connectivity index (χ1) is 8.61. The normalized spacial score (nSPS) is 15.2. The van der Waals surface area contributed by atoms with Gasteiger partial charge < -0.3 is 10.2 Å². The Morgan fingerprint density at radius 3 is 2.67 bits per heavy atom. The zero-order valence-corrected chi connectivity index (χ0v) is 11.9. The average molecular weight is 248 g/mol. The van der Waals surface area contributed by atoms with Crippen LogP contribution in [0.5, 0.6) is 0 Å². The molecule has 18 heavy (non-hydrogen) atoms. The molecule has 4 heteroatoms. The van der Waals surface area contributed by atoms with Crippen molar-refractivity contribution in [3.8, 4) is 0 Å². The van der Waals surface area contributed by atoms with Gasteiger partial charge >= 0.3 is 0 Å². The van der Waals surface area contributed by atoms with Gasteiger partial charge in [0.05, 0.1) is 0 Å². The van der Waals surface area contributed by atoms with Crippen LogP contribution in [0.3, 0.4) is 0 Å². The third-order valence-corrected chi connectivity index (χ3v) is 3.24. The quantitative estimate of drug-likeness (QED) is 0.837. The second-order valence-corrected chi connectivity index (χ2v) is 5.59. The lowest BCUT2D eigenvalue weighted by Gasteiger charge is -2.24. The van der Waals surface area contributed by atoms with Crippen LogP contribution in [-0.2, 0) is 6.54 Å². The van der Waals surface area contributed by atoms with E-state index in [1.54, 1.807) is 0 Å². The Labute approximate surface area is 110 Å². The van der Waals surface area contributed by atoms with Gasteiger partial charge in [0.2, 0.25) is 5.95 Å². The van der Waals surface area contributed by atoms with E-state index >= 15 is 0 Å². The molecule has 0 spiro atoms. The Morgan fingerprint density at radius 2 is 2.17 bits per heavy atom. The average Bonchev–Trinajstić information content (AvgIpc) is 3.13. The van der Waals surface area contributed by atoms with Gasteiger partial charge in [-0.2, -0.15) is 0 Å². The van der Waals surface area contributed by atoms with Crippen molar-refractivity contribution in [2.24, 2.45) is 5.92 Å². The molecule has 1 aromatic rings. The van der Waals surface area contributed by atoms with Gasteiger partial charge in [-0.25, -0.2) is 9.97 Å². The number of hydrogen-bond donors (Lipinski definition) is 1. The maximum absolute atomic E-state index is 4.68. The molecule has 0 radical (unpaired) electrons. The van der Waals surface area contributed by atoms with E-state index in [0.29, 0.717) is 12.0 Å². The third-order valence-electron chi connectivity index (χ3n) is 3.24. The highest BCUT2D eigenvalue weighted by atomic mass is 15.3. The summed E-state index contributed by atoms with van der Waals surface area (Å²) >= 11 is 0. The molecule has 0 amide bonds. The van der Waals surface area contributed by atoms with Crippen molar-refractivity contribution in [3.63, 3.8) is 0 Å². The summed E-state index contributed by atoms with van der Waals surface area (Å²) in [5.41, 5.74) is 2.27. The van der Waals surface area contributed by atoms with Crippen LogP contribution in [0, 0.1) is 12.8 Å². The molecule has 100 valence electrons. The van der Waals surface area contributed by atoms with Crippen molar-refractivity contribution in [1.82, 2.24) is 15.3 Å². The van der Waals surface area contributed by atoms with Crippen molar-refractivity contribution in [1.29, 1.82) is 0 Å². The van der Waals surface area contributed by atoms with Gasteiger partial charge in [0.25, 0.3) is 0 Å². The van der Waals surface area contributed by atoms with Crippen LogP contribution in [0.4, 0.5) is 5.95 Å². The van der Waals surface area contributed by atoms with Gasteiger partial charge in [-0.1, -0.05) is 13.8 Å². The molecule has 2 rings (SSSR count). The SMILES string of the molecule is CNCc1cnc(N(CC(C)C)C2CC2)nc1C. The summed E-state index contributed by atoms with van der Waals surface area (Å²) < 4.78 is 0. The van der Waals surface area contributed by atoms with Crippen molar-refractivity contribution >= 4 is 5.95 Å². The molecule has 0 aromatic carbocycles. The summed E-state index contributed by atoms with van der Waals surface area (Å²) in [6.07, 6.45) is 4.53. The van der Waals surface area contributed by atoms with E-state index in [9.17, 15) is 0 Å². The Kier molecular flexibility index (Phi) is 4.17. The second kappa shape index (κ2) is 5.65. The first-order valence-corrected chi connectivity index (χ1v) is 6.85. The molecule has 0 bridgehead atoms. The number of aromatic nitrogens is 2. The van der Waals surface area contributed by atoms with E-state index in [-0.39, 0.29) is 0 Å². The van der Waals surface area contributed by atoms with Gasteiger partial charge in [0.15, 0.2) is 0 Å². The molecule has 0 unspecified atom stereocenters. The predicted molar refractivity (Wildman–Crippen MR) is 74.7 cm³/mol. The maximum atomic E-state index is 4.68. The molecule has 1 saturated carbocycles. The topological polar surface area (TPSA) is 41.1 Å². The van der Waals surface area contributed by atoms with Crippen LogP contribution in [0.2, 0.25) is 0 Å². The molecule has 1 aliphatic carbocycles. The lowest BCUT2D eigenvalue weighted by molar-refractivity contribution is 0.595. The van der Waals surface area contributed by atoms with Crippen LogP contribution in [-0.4, -0.2) is 29.6 Å². The lowest BCUT2D eigenvalue weighted by Crippen LogP contribution is -2.31. The second-order valence-electron chi connectivity index (χ2n) is 5.59. The van der Waals surface area contributed by atoms with E-state index in [1.807, 2.05) is 13.2 Å². The molecule has 1 N–H and O–H groups in total. The number of nitrogens with zero attached hydrogens (tertiary/aromatic N) is 3. The fourth-order valence-corrected chi connectivity index (χ4v) is 2.16. The molecule has 1 heterocycles. The summed E-state index contributed by atoms with van der Waals surface area (Å²) in [7, 11) is 1.95. The Hall–Kier alpha value is -1.16. The van der Waals surface area contributed by atoms with Gasteiger partial charge in [-0.05, 0) is 32.7 Å². The summed E-state index contributed by atoms with van der Waals surface area (Å²) in [5, 5.41) is 3.15. The molecular weight excluding hydrogens is 224 g/mol. The van der Waals surface area contributed by atoms with E-state index in [0.717, 1.165) is 24.7 Å². The number of aryl methyl sites for hydroxylation is 1. The fraction of sp³-hybridized carbons (Fsp3) is 0.714. The molecule has 1 fully saturated rings. The van der Waals surface area contributed by atoms with Gasteiger partial charge in [0, 0.05) is 36.6 Å². The van der Waals surface area contributed by atoms with Crippen LogP contribution in [0.1, 0.15) is 37.9 Å². The third kappa shape index (κ3) is 3.19. The highest BCUT2D eigenvalue weighted by Gasteiger charge is 2.31. The van der Waals surface area contributed by atoms with Crippen LogP contribution >= 0.6 is 0 Å². The molecule has 1 aliphatic rings. The lowest BCUT2D eigenvalue weighted by atomic mass is 10.2. The van der Waals surface area contributed by atoms with Crippen molar-refractivity contribution in [2.75, 3.05) is 18.5 Å². The van der Waals surface area contributed by atoms with Crippen LogP contribution in [0.25, 0.3) is 0 Å². The highest BCUT2D eigenvalue weighted by Crippen LogP contribution is 2.30. The minimum atomic E-state index is 0.645. The summed E-state index contributed by atoms with van der Waals surface area (Å²) in [5.74, 6) is 1.55. The Balaban J connectivity index is 2.17. The molecule has 0 aliphatic heterocycles. The van der Waals surface area contributed by atoms with Crippen molar-refractivity contribution < 1.29 is 0 Å². The van der Waals surface area contributed by atoms with Gasteiger partial charge in [-0.15, -0.1) is 0 Å². The monoisotopic (exact) mass is 248 g/mol. The van der Waals surface area contributed by atoms with Crippen molar-refractivity contribution in [2.45, 2.75) is 46.2 Å². The number of hydrogen-bond acceptors (Lipinski definition) is 4. The molecule has 0 saturated heterocycles. The minimum Gasteiger partial charge on any atom is -0.338 e. The Bertz CT molecular complexity index is 399. The maximum Gasteiger partial charge on any atom is 0.225 e. The molecular formula is C14H24N4. The van der Waals surface area contributed by atoms with Gasteiger partial charge in [0.1, 0.15) is 0 Å². The molecule has 0 atom stereocenters. The van der Waals surface area contributed by atoms with E-state index in [4.69, 9.17) is 0 Å². The number of anilines is 1. The minimum absolute atomic E-state index is 0.645. The molecule has 4 nitrogen and oxygen atoms in total. The number of rotatable bonds is 6. The van der Waals surface area contributed by atoms with E-state index in [1.165, 1.54) is 18.4 Å². The Morgan fingerprint density at radius 1 is 1.44 bits per heavy atom. The first-order valence-electron chi connectivity index (χ1n) is 6.85. The van der Waals surface area contributed by atoms with Crippen LogP contribution in [0.15, 0.2) is 6.20 Å². The summed E-state index contributed by atoms with van der Waals surface area (Å²) in [6.45, 7) is 8.45. The predicted octanol–water partition coefficient (Wildman–Crippen LogP) is 2.13. The number of nitrogens with one attached hydrogen (secondary N) is 1. The largest absolute Gasteiger partial charge is 0.338 e. The zero-order chi connectivity index (χ0) is 13.1. The van der Waals surface area contributed by atoms with E-state index < -0.39 is 0 Å². The van der Waals surface area contributed by atoms with Crippen molar-refractivity contribution in [3.05, 3.63) is 17.5 Å².